The van der Waals surface area contributed by atoms with Gasteiger partial charge in [0.05, 0.1) is 12.0 Å². The number of halogens is 4. The van der Waals surface area contributed by atoms with Crippen LogP contribution in [0.1, 0.15) is 38.5 Å². The summed E-state index contributed by atoms with van der Waals surface area (Å²) in [5, 5.41) is 11.3. The van der Waals surface area contributed by atoms with E-state index in [1.54, 1.807) is 0 Å². The minimum atomic E-state index is -2.21. The van der Waals surface area contributed by atoms with Crippen molar-refractivity contribution in [1.29, 1.82) is 0 Å². The molecule has 0 saturated heterocycles. The first-order valence-corrected chi connectivity index (χ1v) is 10.8. The molecule has 0 heterocycles. The molecular formula is C17H18F4O4S2. The van der Waals surface area contributed by atoms with Crippen LogP contribution < -0.4 is 0 Å². The maximum absolute atomic E-state index is 14.4. The van der Waals surface area contributed by atoms with E-state index in [2.05, 4.69) is 9.37 Å². The molecule has 1 unspecified atom stereocenters. The lowest BCUT2D eigenvalue weighted by atomic mass is 9.50. The number of hydrogen-bond donors (Lipinski definition) is 1. The zero-order valence-electron chi connectivity index (χ0n) is 14.2. The summed E-state index contributed by atoms with van der Waals surface area (Å²) in [6.07, 6.45) is 6.02. The fourth-order valence-corrected chi connectivity index (χ4v) is 7.79. The largest absolute Gasteiger partial charge is 0.611 e. The van der Waals surface area contributed by atoms with Gasteiger partial charge < -0.3 is 4.55 Å². The predicted octanol–water partition coefficient (Wildman–Crippen LogP) is 5.00. The van der Waals surface area contributed by atoms with Crippen LogP contribution in [0.15, 0.2) is 9.79 Å². The first-order valence-electron chi connectivity index (χ1n) is 8.72. The topological polar surface area (TPSA) is 61.8 Å². The molecule has 4 bridgehead atoms. The lowest BCUT2D eigenvalue weighted by molar-refractivity contribution is -0.432. The van der Waals surface area contributed by atoms with Gasteiger partial charge in [-0.1, -0.05) is 5.04 Å². The maximum atomic E-state index is 14.4. The van der Waals surface area contributed by atoms with Gasteiger partial charge in [0.15, 0.2) is 11.6 Å². The molecule has 1 atom stereocenters. The summed E-state index contributed by atoms with van der Waals surface area (Å²) in [6, 6.07) is 0. The molecule has 4 aliphatic rings. The average Bonchev–Trinajstić information content (AvgIpc) is 2.58. The fourth-order valence-electron chi connectivity index (χ4n) is 5.73. The molecular weight excluding hydrogens is 408 g/mol. The van der Waals surface area contributed by atoms with Gasteiger partial charge in [-0.15, -0.1) is 4.33 Å². The van der Waals surface area contributed by atoms with E-state index in [-0.39, 0.29) is 23.2 Å². The third-order valence-electron chi connectivity index (χ3n) is 6.16. The smallest absolute Gasteiger partial charge is 0.230 e. The highest BCUT2D eigenvalue weighted by molar-refractivity contribution is 7.94. The van der Waals surface area contributed by atoms with Gasteiger partial charge in [0, 0.05) is 5.41 Å². The van der Waals surface area contributed by atoms with Crippen LogP contribution in [0.2, 0.25) is 0 Å². The lowest BCUT2D eigenvalue weighted by Gasteiger charge is -2.56. The van der Waals surface area contributed by atoms with Crippen molar-refractivity contribution in [3.05, 3.63) is 23.3 Å². The summed E-state index contributed by atoms with van der Waals surface area (Å²) >= 11 is -2.44. The predicted molar refractivity (Wildman–Crippen MR) is 88.8 cm³/mol. The summed E-state index contributed by atoms with van der Waals surface area (Å²) in [5.74, 6) is -5.23. The molecule has 27 heavy (non-hydrogen) atoms. The molecule has 0 aliphatic heterocycles. The van der Waals surface area contributed by atoms with E-state index in [1.807, 2.05) is 0 Å². The van der Waals surface area contributed by atoms with Gasteiger partial charge in [0.25, 0.3) is 0 Å². The summed E-state index contributed by atoms with van der Waals surface area (Å²) in [4.78, 5) is -2.23. The quantitative estimate of drug-likeness (QED) is 0.173. The monoisotopic (exact) mass is 426 g/mol. The van der Waals surface area contributed by atoms with Gasteiger partial charge in [-0.2, -0.15) is 8.78 Å². The van der Waals surface area contributed by atoms with Crippen LogP contribution in [0.4, 0.5) is 17.6 Å². The average molecular weight is 426 g/mol. The van der Waals surface area contributed by atoms with Gasteiger partial charge in [0.2, 0.25) is 16.5 Å². The highest BCUT2D eigenvalue weighted by atomic mass is 32.2. The van der Waals surface area contributed by atoms with Crippen molar-refractivity contribution >= 4 is 23.2 Å². The van der Waals surface area contributed by atoms with Crippen LogP contribution in [0, 0.1) is 46.4 Å². The lowest BCUT2D eigenvalue weighted by Crippen LogP contribution is -2.49. The normalized spacial score (nSPS) is 32.9. The van der Waals surface area contributed by atoms with E-state index in [0.29, 0.717) is 17.8 Å². The Kier molecular flexibility index (Phi) is 5.41. The van der Waals surface area contributed by atoms with Crippen LogP contribution in [-0.2, 0) is 20.5 Å². The van der Waals surface area contributed by atoms with Crippen molar-refractivity contribution in [2.75, 3.05) is 5.75 Å². The maximum Gasteiger partial charge on any atom is 0.230 e. The van der Waals surface area contributed by atoms with E-state index in [1.165, 1.54) is 0 Å². The Morgan fingerprint density at radius 3 is 1.89 bits per heavy atom. The summed E-state index contributed by atoms with van der Waals surface area (Å²) < 4.78 is 73.7. The molecule has 4 fully saturated rings. The fraction of sp³-hybridized carbons (Fsp3) is 0.647. The standard InChI is InChI=1S/C17H18F4O4S2/c18-11-13(20)16(14(21)12(19)15(11)26-25-24-22)27(23)7-17-4-8-1-9(5-17)3-10(2-8)6-17/h8-10,22H,1-7H2. The number of rotatable bonds is 6. The second-order valence-corrected chi connectivity index (χ2v) is 10.1. The minimum absolute atomic E-state index is 0.00591. The third kappa shape index (κ3) is 3.49. The molecule has 0 aromatic heterocycles. The van der Waals surface area contributed by atoms with Crippen molar-refractivity contribution in [3.8, 4) is 0 Å². The number of benzene rings is 1. The second kappa shape index (κ2) is 7.38. The molecule has 0 amide bonds. The van der Waals surface area contributed by atoms with E-state index in [4.69, 9.17) is 5.26 Å². The van der Waals surface area contributed by atoms with Crippen LogP contribution in [-0.4, -0.2) is 15.6 Å². The zero-order chi connectivity index (χ0) is 19.3. The van der Waals surface area contributed by atoms with Gasteiger partial charge in [-0.25, -0.2) is 14.0 Å². The first kappa shape index (κ1) is 19.8. The Bertz CT molecular complexity index is 684. The van der Waals surface area contributed by atoms with E-state index >= 15 is 0 Å². The molecule has 4 nitrogen and oxygen atoms in total. The molecule has 1 N–H and O–H groups in total. The molecule has 5 rings (SSSR count). The van der Waals surface area contributed by atoms with Crippen LogP contribution >= 0.6 is 12.0 Å². The van der Waals surface area contributed by atoms with Crippen molar-refractivity contribution in [1.82, 2.24) is 0 Å². The Morgan fingerprint density at radius 1 is 0.963 bits per heavy atom. The summed E-state index contributed by atoms with van der Waals surface area (Å²) in [6.45, 7) is 0. The van der Waals surface area contributed by atoms with Crippen molar-refractivity contribution in [3.63, 3.8) is 0 Å². The molecule has 4 saturated carbocycles. The van der Waals surface area contributed by atoms with Crippen LogP contribution in [0.3, 0.4) is 0 Å². The molecule has 1 aromatic rings. The molecule has 0 spiro atoms. The Labute approximate surface area is 160 Å². The van der Waals surface area contributed by atoms with Crippen molar-refractivity contribution in [2.45, 2.75) is 48.3 Å². The zero-order valence-corrected chi connectivity index (χ0v) is 15.8. The van der Waals surface area contributed by atoms with Crippen molar-refractivity contribution < 1.29 is 36.7 Å². The molecule has 0 radical (unpaired) electrons. The van der Waals surface area contributed by atoms with Crippen molar-refractivity contribution in [2.24, 2.45) is 23.2 Å². The number of hydrogen-bond acceptors (Lipinski definition) is 5. The van der Waals surface area contributed by atoms with Crippen LogP contribution in [0.5, 0.6) is 0 Å². The van der Waals surface area contributed by atoms with E-state index < -0.39 is 44.2 Å². The molecule has 4 aliphatic carbocycles. The Hall–Kier alpha value is -0.520. The Morgan fingerprint density at radius 2 is 1.44 bits per heavy atom. The first-order chi connectivity index (χ1) is 12.8. The van der Waals surface area contributed by atoms with Crippen LogP contribution in [0.25, 0.3) is 0 Å². The van der Waals surface area contributed by atoms with Gasteiger partial charge in [-0.05, 0) is 67.5 Å². The summed E-state index contributed by atoms with van der Waals surface area (Å²) in [5.41, 5.74) is -0.271. The minimum Gasteiger partial charge on any atom is -0.611 e. The molecule has 10 heteroatoms. The molecule has 150 valence electrons. The SMILES string of the molecule is [O-][S+](CC12CC3CC(CC(C3)C1)C2)c1c(F)c(F)c(SOOO)c(F)c1F. The summed E-state index contributed by atoms with van der Waals surface area (Å²) in [7, 11) is 0. The second-order valence-electron chi connectivity index (χ2n) is 8.05. The highest BCUT2D eigenvalue weighted by Gasteiger charge is 2.53. The van der Waals surface area contributed by atoms with E-state index in [0.717, 1.165) is 38.5 Å². The van der Waals surface area contributed by atoms with E-state index in [9.17, 15) is 22.1 Å². The van der Waals surface area contributed by atoms with Gasteiger partial charge in [-0.3, -0.25) is 0 Å². The third-order valence-corrected chi connectivity index (χ3v) is 8.50. The molecule has 1 aromatic carbocycles. The Balaban J connectivity index is 1.61. The highest BCUT2D eigenvalue weighted by Crippen LogP contribution is 2.60. The van der Waals surface area contributed by atoms with Gasteiger partial charge in [0.1, 0.15) is 10.6 Å². The van der Waals surface area contributed by atoms with Gasteiger partial charge >= 0.3 is 0 Å².